The van der Waals surface area contributed by atoms with E-state index in [1.165, 1.54) is 12.4 Å². The molecule has 122 valence electrons. The number of aromatic nitrogens is 2. The summed E-state index contributed by atoms with van der Waals surface area (Å²) in [7, 11) is 0. The number of anilines is 1. The second kappa shape index (κ2) is 8.05. The second-order valence-corrected chi connectivity index (χ2v) is 5.93. The van der Waals surface area contributed by atoms with Gasteiger partial charge >= 0.3 is 0 Å². The molecule has 0 unspecified atom stereocenters. The number of nitrogen functional groups attached to an aromatic ring is 1. The predicted octanol–water partition coefficient (Wildman–Crippen LogP) is 0.536. The molecule has 2 rings (SSSR count). The minimum Gasteiger partial charge on any atom is -0.382 e. The van der Waals surface area contributed by atoms with Crippen molar-refractivity contribution >= 4 is 11.7 Å². The average Bonchev–Trinajstić information content (AvgIpc) is 2.52. The Morgan fingerprint density at radius 2 is 2.05 bits per heavy atom. The van der Waals surface area contributed by atoms with E-state index < -0.39 is 0 Å². The molecule has 1 aliphatic heterocycles. The molecule has 1 atom stereocenters. The van der Waals surface area contributed by atoms with Crippen molar-refractivity contribution in [2.24, 2.45) is 5.92 Å². The Kier molecular flexibility index (Phi) is 6.09. The number of hydrogen-bond acceptors (Lipinski definition) is 6. The normalized spacial score (nSPS) is 17.4. The zero-order valence-corrected chi connectivity index (χ0v) is 13.3. The van der Waals surface area contributed by atoms with Gasteiger partial charge in [0.1, 0.15) is 0 Å². The van der Waals surface area contributed by atoms with Crippen molar-refractivity contribution in [1.29, 1.82) is 0 Å². The number of rotatable bonds is 6. The smallest absolute Gasteiger partial charge is 0.273 e. The van der Waals surface area contributed by atoms with Gasteiger partial charge in [0.15, 0.2) is 11.5 Å². The van der Waals surface area contributed by atoms with Crippen LogP contribution in [-0.2, 0) is 4.74 Å². The van der Waals surface area contributed by atoms with Crippen molar-refractivity contribution in [1.82, 2.24) is 20.2 Å². The molecule has 0 aliphatic carbocycles. The fourth-order valence-corrected chi connectivity index (χ4v) is 2.67. The lowest BCUT2D eigenvalue weighted by Gasteiger charge is -2.35. The highest BCUT2D eigenvalue weighted by atomic mass is 16.5. The van der Waals surface area contributed by atoms with E-state index in [9.17, 15) is 4.79 Å². The predicted molar refractivity (Wildman–Crippen MR) is 84.4 cm³/mol. The zero-order valence-electron chi connectivity index (χ0n) is 13.3. The lowest BCUT2D eigenvalue weighted by atomic mass is 10.0. The summed E-state index contributed by atoms with van der Waals surface area (Å²) >= 11 is 0. The molecule has 0 aromatic carbocycles. The minimum atomic E-state index is -0.271. The van der Waals surface area contributed by atoms with Crippen LogP contribution in [0.25, 0.3) is 0 Å². The van der Waals surface area contributed by atoms with Gasteiger partial charge in [-0.3, -0.25) is 9.69 Å². The summed E-state index contributed by atoms with van der Waals surface area (Å²) in [5.41, 5.74) is 5.88. The van der Waals surface area contributed by atoms with Crippen LogP contribution < -0.4 is 11.1 Å². The summed E-state index contributed by atoms with van der Waals surface area (Å²) in [5.74, 6) is 0.450. The molecule has 0 bridgehead atoms. The summed E-state index contributed by atoms with van der Waals surface area (Å²) in [4.78, 5) is 22.5. The standard InChI is InChI=1S/C15H25N5O2/c1-11(2)9-12(20-5-7-22-8-6-20)10-19-15(21)13-14(16)18-4-3-17-13/h3-4,11-12H,5-10H2,1-2H3,(H2,16,18)(H,19,21)/t12-/m0/s1. The highest BCUT2D eigenvalue weighted by Crippen LogP contribution is 2.13. The van der Waals surface area contributed by atoms with Gasteiger partial charge < -0.3 is 15.8 Å². The summed E-state index contributed by atoms with van der Waals surface area (Å²) in [6.07, 6.45) is 3.97. The number of nitrogens with one attached hydrogen (secondary N) is 1. The Balaban J connectivity index is 1.95. The minimum absolute atomic E-state index is 0.159. The van der Waals surface area contributed by atoms with Crippen molar-refractivity contribution in [3.63, 3.8) is 0 Å². The molecule has 1 aromatic rings. The molecule has 2 heterocycles. The Hall–Kier alpha value is -1.73. The maximum absolute atomic E-state index is 12.2. The molecule has 0 radical (unpaired) electrons. The van der Waals surface area contributed by atoms with Crippen LogP contribution in [0.15, 0.2) is 12.4 Å². The first-order valence-electron chi connectivity index (χ1n) is 7.74. The highest BCUT2D eigenvalue weighted by molar-refractivity contribution is 5.96. The third kappa shape index (κ3) is 4.64. The number of nitrogens with two attached hydrogens (primary N) is 1. The van der Waals surface area contributed by atoms with Crippen molar-refractivity contribution < 1.29 is 9.53 Å². The van der Waals surface area contributed by atoms with Gasteiger partial charge in [-0.05, 0) is 12.3 Å². The van der Waals surface area contributed by atoms with Crippen LogP contribution in [0.3, 0.4) is 0 Å². The lowest BCUT2D eigenvalue weighted by molar-refractivity contribution is 0.0124. The molecule has 7 nitrogen and oxygen atoms in total. The molecule has 0 saturated carbocycles. The lowest BCUT2D eigenvalue weighted by Crippen LogP contribution is -2.49. The number of morpholine rings is 1. The largest absolute Gasteiger partial charge is 0.382 e. The van der Waals surface area contributed by atoms with E-state index in [0.717, 1.165) is 32.7 Å². The van der Waals surface area contributed by atoms with Crippen LogP contribution in [0, 0.1) is 5.92 Å². The number of ether oxygens (including phenoxy) is 1. The van der Waals surface area contributed by atoms with Crippen molar-refractivity contribution in [3.05, 3.63) is 18.1 Å². The average molecular weight is 307 g/mol. The van der Waals surface area contributed by atoms with E-state index in [1.807, 2.05) is 0 Å². The van der Waals surface area contributed by atoms with Crippen molar-refractivity contribution in [2.75, 3.05) is 38.6 Å². The summed E-state index contributed by atoms with van der Waals surface area (Å²) < 4.78 is 5.40. The van der Waals surface area contributed by atoms with E-state index in [-0.39, 0.29) is 17.4 Å². The zero-order chi connectivity index (χ0) is 15.9. The summed E-state index contributed by atoms with van der Waals surface area (Å²) in [6.45, 7) is 8.26. The molecule has 1 amide bonds. The van der Waals surface area contributed by atoms with Gasteiger partial charge in [-0.25, -0.2) is 9.97 Å². The number of carbonyl (C=O) groups excluding carboxylic acids is 1. The molecule has 0 spiro atoms. The van der Waals surface area contributed by atoms with Crippen LogP contribution in [0.1, 0.15) is 30.8 Å². The Morgan fingerprint density at radius 3 is 2.68 bits per heavy atom. The molecular weight excluding hydrogens is 282 g/mol. The Labute approximate surface area is 131 Å². The van der Waals surface area contributed by atoms with E-state index in [4.69, 9.17) is 10.5 Å². The van der Waals surface area contributed by atoms with Gasteiger partial charge in [0, 0.05) is 38.1 Å². The number of hydrogen-bond donors (Lipinski definition) is 2. The van der Waals surface area contributed by atoms with Gasteiger partial charge in [-0.15, -0.1) is 0 Å². The van der Waals surface area contributed by atoms with E-state index >= 15 is 0 Å². The topological polar surface area (TPSA) is 93.4 Å². The first-order chi connectivity index (χ1) is 10.6. The molecule has 3 N–H and O–H groups in total. The molecule has 1 aromatic heterocycles. The SMILES string of the molecule is CC(C)C[C@@H](CNC(=O)c1nccnc1N)N1CCOCC1. The van der Waals surface area contributed by atoms with Crippen molar-refractivity contribution in [3.8, 4) is 0 Å². The Bertz CT molecular complexity index is 489. The van der Waals surface area contributed by atoms with Crippen molar-refractivity contribution in [2.45, 2.75) is 26.3 Å². The van der Waals surface area contributed by atoms with Gasteiger partial charge in [0.25, 0.3) is 5.91 Å². The molecular formula is C15H25N5O2. The van der Waals surface area contributed by atoms with Gasteiger partial charge in [0.05, 0.1) is 13.2 Å². The van der Waals surface area contributed by atoms with Gasteiger partial charge in [-0.1, -0.05) is 13.8 Å². The number of carbonyl (C=O) groups is 1. The van der Waals surface area contributed by atoms with Crippen LogP contribution in [0.4, 0.5) is 5.82 Å². The van der Waals surface area contributed by atoms with E-state index in [2.05, 4.69) is 34.0 Å². The first-order valence-corrected chi connectivity index (χ1v) is 7.74. The molecule has 1 fully saturated rings. The molecule has 22 heavy (non-hydrogen) atoms. The molecule has 1 aliphatic rings. The van der Waals surface area contributed by atoms with Crippen LogP contribution in [0.5, 0.6) is 0 Å². The maximum atomic E-state index is 12.2. The fourth-order valence-electron chi connectivity index (χ4n) is 2.67. The number of nitrogens with zero attached hydrogens (tertiary/aromatic N) is 3. The Morgan fingerprint density at radius 1 is 1.36 bits per heavy atom. The van der Waals surface area contributed by atoms with Crippen LogP contribution >= 0.6 is 0 Å². The van der Waals surface area contributed by atoms with E-state index in [1.54, 1.807) is 0 Å². The highest BCUT2D eigenvalue weighted by Gasteiger charge is 2.23. The second-order valence-electron chi connectivity index (χ2n) is 5.93. The quantitative estimate of drug-likeness (QED) is 0.796. The monoisotopic (exact) mass is 307 g/mol. The molecule has 7 heteroatoms. The first kappa shape index (κ1) is 16.6. The summed E-state index contributed by atoms with van der Waals surface area (Å²) in [6, 6.07) is 0.297. The fraction of sp³-hybridized carbons (Fsp3) is 0.667. The maximum Gasteiger partial charge on any atom is 0.273 e. The van der Waals surface area contributed by atoms with Crippen LogP contribution in [0.2, 0.25) is 0 Å². The van der Waals surface area contributed by atoms with Crippen LogP contribution in [-0.4, -0.2) is 59.7 Å². The molecule has 1 saturated heterocycles. The third-order valence-corrected chi connectivity index (χ3v) is 3.75. The van der Waals surface area contributed by atoms with E-state index in [0.29, 0.717) is 18.5 Å². The third-order valence-electron chi connectivity index (χ3n) is 3.75. The number of amides is 1. The van der Waals surface area contributed by atoms with Gasteiger partial charge in [0.2, 0.25) is 0 Å². The van der Waals surface area contributed by atoms with Gasteiger partial charge in [-0.2, -0.15) is 0 Å². The summed E-state index contributed by atoms with van der Waals surface area (Å²) in [5, 5.41) is 2.94.